The number of rotatable bonds is 3. The molecule has 0 amide bonds. The monoisotopic (exact) mass is 330 g/mol. The second kappa shape index (κ2) is 6.75. The molecule has 1 aliphatic heterocycles. The summed E-state index contributed by atoms with van der Waals surface area (Å²) in [4.78, 5) is 0. The van der Waals surface area contributed by atoms with Crippen LogP contribution in [-0.2, 0) is 0 Å². The Morgan fingerprint density at radius 1 is 1.17 bits per heavy atom. The molecule has 1 saturated heterocycles. The molecular formula is C18H23ClN4. The second-order valence-electron chi connectivity index (χ2n) is 6.29. The largest absolute Gasteiger partial charge is 0.292 e. The van der Waals surface area contributed by atoms with Crippen LogP contribution >= 0.6 is 11.6 Å². The summed E-state index contributed by atoms with van der Waals surface area (Å²) in [6.07, 6.45) is 5.53. The molecule has 1 fully saturated rings. The Bertz CT molecular complexity index is 683. The highest BCUT2D eigenvalue weighted by atomic mass is 35.5. The molecule has 122 valence electrons. The average Bonchev–Trinajstić information content (AvgIpc) is 2.83. The topological polar surface area (TPSA) is 33.4 Å². The van der Waals surface area contributed by atoms with Crippen molar-refractivity contribution in [1.29, 1.82) is 0 Å². The van der Waals surface area contributed by atoms with Gasteiger partial charge in [0.15, 0.2) is 0 Å². The fourth-order valence-electron chi connectivity index (χ4n) is 3.16. The SMILES string of the molecule is Cc1nn(-c2ccccc2)c(Cl)c1C=NN1[C@@H](C)CCC[C@@H]1C. The number of nitrogens with zero attached hydrogens (tertiary/aromatic N) is 4. The minimum absolute atomic E-state index is 0.471. The summed E-state index contributed by atoms with van der Waals surface area (Å²) in [5.74, 6) is 0. The van der Waals surface area contributed by atoms with Crippen molar-refractivity contribution in [1.82, 2.24) is 14.8 Å². The van der Waals surface area contributed by atoms with Crippen LogP contribution in [-0.4, -0.2) is 33.1 Å². The maximum absolute atomic E-state index is 6.55. The molecule has 0 spiro atoms. The van der Waals surface area contributed by atoms with E-state index >= 15 is 0 Å². The highest BCUT2D eigenvalue weighted by Crippen LogP contribution is 2.25. The Labute approximate surface area is 142 Å². The van der Waals surface area contributed by atoms with E-state index in [1.54, 1.807) is 4.68 Å². The van der Waals surface area contributed by atoms with Gasteiger partial charge in [0.1, 0.15) is 5.15 Å². The second-order valence-corrected chi connectivity index (χ2v) is 6.65. The molecular weight excluding hydrogens is 308 g/mol. The molecule has 5 heteroatoms. The Morgan fingerprint density at radius 3 is 2.48 bits per heavy atom. The zero-order chi connectivity index (χ0) is 16.4. The highest BCUT2D eigenvalue weighted by Gasteiger charge is 2.23. The molecule has 23 heavy (non-hydrogen) atoms. The van der Waals surface area contributed by atoms with Gasteiger partial charge in [-0.05, 0) is 52.2 Å². The summed E-state index contributed by atoms with van der Waals surface area (Å²) in [6, 6.07) is 10.9. The van der Waals surface area contributed by atoms with Crippen LogP contribution < -0.4 is 0 Å². The first-order chi connectivity index (χ1) is 11.1. The van der Waals surface area contributed by atoms with Crippen molar-refractivity contribution >= 4 is 17.8 Å². The van der Waals surface area contributed by atoms with E-state index in [-0.39, 0.29) is 0 Å². The van der Waals surface area contributed by atoms with Crippen LogP contribution in [0.5, 0.6) is 0 Å². The predicted octanol–water partition coefficient (Wildman–Crippen LogP) is 4.43. The molecule has 0 aliphatic carbocycles. The maximum atomic E-state index is 6.55. The van der Waals surface area contributed by atoms with Crippen LogP contribution in [0.15, 0.2) is 35.4 Å². The van der Waals surface area contributed by atoms with Crippen molar-refractivity contribution in [3.63, 3.8) is 0 Å². The number of hydrogen-bond donors (Lipinski definition) is 0. The Balaban J connectivity index is 1.89. The molecule has 1 aliphatic rings. The highest BCUT2D eigenvalue weighted by molar-refractivity contribution is 6.32. The molecule has 2 atom stereocenters. The molecule has 0 radical (unpaired) electrons. The number of benzene rings is 1. The van der Waals surface area contributed by atoms with Gasteiger partial charge in [0.2, 0.25) is 0 Å². The number of aromatic nitrogens is 2. The summed E-state index contributed by atoms with van der Waals surface area (Å²) < 4.78 is 1.77. The molecule has 0 bridgehead atoms. The lowest BCUT2D eigenvalue weighted by Crippen LogP contribution is -2.39. The van der Waals surface area contributed by atoms with Crippen molar-refractivity contribution in [3.05, 3.63) is 46.7 Å². The smallest absolute Gasteiger partial charge is 0.142 e. The van der Waals surface area contributed by atoms with Gasteiger partial charge in [-0.1, -0.05) is 29.8 Å². The molecule has 0 unspecified atom stereocenters. The van der Waals surface area contributed by atoms with Gasteiger partial charge in [0.25, 0.3) is 0 Å². The van der Waals surface area contributed by atoms with Gasteiger partial charge in [0, 0.05) is 12.1 Å². The first-order valence-corrected chi connectivity index (χ1v) is 8.58. The molecule has 0 saturated carbocycles. The number of aryl methyl sites for hydroxylation is 1. The standard InChI is InChI=1S/C18H23ClN4/c1-13-8-7-9-14(2)22(13)20-12-17-15(3)21-23(18(17)19)16-10-5-4-6-11-16/h4-6,10-14H,7-9H2,1-3H3/t13-,14-/m0/s1. The van der Waals surface area contributed by atoms with Crippen LogP contribution in [0.25, 0.3) is 5.69 Å². The summed E-state index contributed by atoms with van der Waals surface area (Å²) in [5.41, 5.74) is 2.74. The lowest BCUT2D eigenvalue weighted by molar-refractivity contribution is 0.109. The molecule has 2 heterocycles. The van der Waals surface area contributed by atoms with E-state index in [1.807, 2.05) is 43.5 Å². The zero-order valence-electron chi connectivity index (χ0n) is 13.9. The number of halogens is 1. The Hall–Kier alpha value is -1.81. The Morgan fingerprint density at radius 2 is 1.83 bits per heavy atom. The van der Waals surface area contributed by atoms with Gasteiger partial charge in [-0.2, -0.15) is 10.2 Å². The third kappa shape index (κ3) is 3.27. The van der Waals surface area contributed by atoms with Crippen LogP contribution in [0.1, 0.15) is 44.4 Å². The van der Waals surface area contributed by atoms with Crippen molar-refractivity contribution in [2.24, 2.45) is 5.10 Å². The molecule has 4 nitrogen and oxygen atoms in total. The van der Waals surface area contributed by atoms with E-state index in [2.05, 4.69) is 24.0 Å². The third-order valence-corrected chi connectivity index (χ3v) is 4.88. The van der Waals surface area contributed by atoms with E-state index in [4.69, 9.17) is 16.7 Å². The van der Waals surface area contributed by atoms with E-state index in [9.17, 15) is 0 Å². The average molecular weight is 331 g/mol. The molecule has 3 rings (SSSR count). The third-order valence-electron chi connectivity index (χ3n) is 4.52. The van der Waals surface area contributed by atoms with Gasteiger partial charge >= 0.3 is 0 Å². The van der Waals surface area contributed by atoms with Crippen molar-refractivity contribution in [3.8, 4) is 5.69 Å². The van der Waals surface area contributed by atoms with Crippen LogP contribution in [0, 0.1) is 6.92 Å². The van der Waals surface area contributed by atoms with Gasteiger partial charge in [-0.15, -0.1) is 0 Å². The van der Waals surface area contributed by atoms with Gasteiger partial charge in [-0.25, -0.2) is 4.68 Å². The van der Waals surface area contributed by atoms with Crippen molar-refractivity contribution in [2.75, 3.05) is 0 Å². The fourth-order valence-corrected chi connectivity index (χ4v) is 3.48. The molecule has 1 aromatic heterocycles. The lowest BCUT2D eigenvalue weighted by Gasteiger charge is -2.36. The summed E-state index contributed by atoms with van der Waals surface area (Å²) in [6.45, 7) is 6.43. The Kier molecular flexibility index (Phi) is 4.71. The van der Waals surface area contributed by atoms with E-state index < -0.39 is 0 Å². The number of hydrogen-bond acceptors (Lipinski definition) is 3. The van der Waals surface area contributed by atoms with Crippen LogP contribution in [0.3, 0.4) is 0 Å². The van der Waals surface area contributed by atoms with E-state index in [1.165, 1.54) is 19.3 Å². The number of para-hydroxylation sites is 1. The number of hydrazone groups is 1. The normalized spacial score (nSPS) is 22.0. The van der Waals surface area contributed by atoms with Crippen molar-refractivity contribution < 1.29 is 0 Å². The first kappa shape index (κ1) is 16.1. The van der Waals surface area contributed by atoms with Gasteiger partial charge in [-0.3, -0.25) is 5.01 Å². The fraction of sp³-hybridized carbons (Fsp3) is 0.444. The summed E-state index contributed by atoms with van der Waals surface area (Å²) in [5, 5.41) is 12.1. The van der Waals surface area contributed by atoms with E-state index in [0.29, 0.717) is 17.2 Å². The minimum atomic E-state index is 0.471. The van der Waals surface area contributed by atoms with Crippen LogP contribution in [0.2, 0.25) is 5.15 Å². The summed E-state index contributed by atoms with van der Waals surface area (Å²) >= 11 is 6.55. The number of piperidine rings is 1. The van der Waals surface area contributed by atoms with E-state index in [0.717, 1.165) is 16.9 Å². The first-order valence-electron chi connectivity index (χ1n) is 8.20. The minimum Gasteiger partial charge on any atom is -0.292 e. The lowest BCUT2D eigenvalue weighted by atomic mass is 10.00. The summed E-state index contributed by atoms with van der Waals surface area (Å²) in [7, 11) is 0. The van der Waals surface area contributed by atoms with Gasteiger partial charge < -0.3 is 0 Å². The van der Waals surface area contributed by atoms with Crippen LogP contribution in [0.4, 0.5) is 0 Å². The quantitative estimate of drug-likeness (QED) is 0.780. The van der Waals surface area contributed by atoms with Crippen molar-refractivity contribution in [2.45, 2.75) is 52.1 Å². The molecule has 2 aromatic rings. The zero-order valence-corrected chi connectivity index (χ0v) is 14.7. The molecule has 0 N–H and O–H groups in total. The van der Waals surface area contributed by atoms with Gasteiger partial charge in [0.05, 0.1) is 23.2 Å². The molecule has 1 aromatic carbocycles. The predicted molar refractivity (Wildman–Crippen MR) is 95.5 cm³/mol. The maximum Gasteiger partial charge on any atom is 0.142 e.